The number of fused-ring (bicyclic) bond motifs is 1. The molecule has 1 saturated heterocycles. The summed E-state index contributed by atoms with van der Waals surface area (Å²) in [4.78, 5) is 38.2. The molecule has 0 unspecified atom stereocenters. The summed E-state index contributed by atoms with van der Waals surface area (Å²) in [5.74, 6) is -0.136. The average molecular weight is 302 g/mol. The van der Waals surface area contributed by atoms with E-state index in [4.69, 9.17) is 0 Å². The SMILES string of the molecule is CC(=O)Nc1cn2cc(/C=C3\SC(=O)NC3=O)ccc2n1. The third-order valence-electron chi connectivity index (χ3n) is 2.72. The largest absolute Gasteiger partial charge is 0.310 e. The van der Waals surface area contributed by atoms with Crippen molar-refractivity contribution in [2.45, 2.75) is 6.92 Å². The van der Waals surface area contributed by atoms with Crippen LogP contribution in [0, 0.1) is 0 Å². The maximum atomic E-state index is 11.5. The molecule has 1 aliphatic heterocycles. The summed E-state index contributed by atoms with van der Waals surface area (Å²) < 4.78 is 1.73. The molecule has 0 atom stereocenters. The number of pyridine rings is 1. The van der Waals surface area contributed by atoms with Crippen molar-refractivity contribution in [1.29, 1.82) is 0 Å². The standard InChI is InChI=1S/C13H10N4O3S/c1-7(18)14-10-6-17-5-8(2-3-11(17)15-10)4-9-12(19)16-13(20)21-9/h2-6H,1H3,(H,14,18)(H,16,19,20)/b9-4-. The van der Waals surface area contributed by atoms with E-state index in [0.29, 0.717) is 16.4 Å². The number of carbonyl (C=O) groups is 3. The van der Waals surface area contributed by atoms with Crippen LogP contribution in [-0.2, 0) is 9.59 Å². The molecular weight excluding hydrogens is 292 g/mol. The van der Waals surface area contributed by atoms with Gasteiger partial charge in [-0.15, -0.1) is 0 Å². The molecule has 3 rings (SSSR count). The van der Waals surface area contributed by atoms with Crippen LogP contribution >= 0.6 is 11.8 Å². The van der Waals surface area contributed by atoms with Crippen LogP contribution in [0.15, 0.2) is 29.4 Å². The van der Waals surface area contributed by atoms with E-state index in [2.05, 4.69) is 15.6 Å². The van der Waals surface area contributed by atoms with Gasteiger partial charge in [0, 0.05) is 13.1 Å². The van der Waals surface area contributed by atoms with Gasteiger partial charge in [0.05, 0.1) is 11.1 Å². The number of hydrogen-bond acceptors (Lipinski definition) is 5. The van der Waals surface area contributed by atoms with Crippen molar-refractivity contribution in [1.82, 2.24) is 14.7 Å². The molecule has 0 aliphatic carbocycles. The Morgan fingerprint density at radius 1 is 1.38 bits per heavy atom. The number of nitrogens with zero attached hydrogens (tertiary/aromatic N) is 2. The number of hydrogen-bond donors (Lipinski definition) is 2. The van der Waals surface area contributed by atoms with E-state index in [9.17, 15) is 14.4 Å². The van der Waals surface area contributed by atoms with Gasteiger partial charge >= 0.3 is 0 Å². The van der Waals surface area contributed by atoms with Gasteiger partial charge < -0.3 is 9.72 Å². The Morgan fingerprint density at radius 2 is 2.19 bits per heavy atom. The van der Waals surface area contributed by atoms with Gasteiger partial charge in [0.25, 0.3) is 11.1 Å². The van der Waals surface area contributed by atoms with Crippen molar-refractivity contribution in [3.63, 3.8) is 0 Å². The minimum atomic E-state index is -0.394. The van der Waals surface area contributed by atoms with E-state index in [1.807, 2.05) is 0 Å². The molecule has 0 aromatic carbocycles. The van der Waals surface area contributed by atoms with Crippen LogP contribution in [0.25, 0.3) is 11.7 Å². The first-order valence-electron chi connectivity index (χ1n) is 6.02. The molecular formula is C13H10N4O3S. The predicted octanol–water partition coefficient (Wildman–Crippen LogP) is 1.62. The number of nitrogens with one attached hydrogen (secondary N) is 2. The van der Waals surface area contributed by atoms with E-state index < -0.39 is 5.91 Å². The second-order valence-electron chi connectivity index (χ2n) is 4.39. The van der Waals surface area contributed by atoms with E-state index >= 15 is 0 Å². The minimum absolute atomic E-state index is 0.196. The smallest absolute Gasteiger partial charge is 0.290 e. The lowest BCUT2D eigenvalue weighted by Crippen LogP contribution is -2.17. The summed E-state index contributed by atoms with van der Waals surface area (Å²) in [6.45, 7) is 1.41. The number of imide groups is 1. The van der Waals surface area contributed by atoms with Crippen molar-refractivity contribution >= 4 is 46.4 Å². The first-order valence-corrected chi connectivity index (χ1v) is 6.84. The zero-order chi connectivity index (χ0) is 15.0. The summed E-state index contributed by atoms with van der Waals surface area (Å²) in [5.41, 5.74) is 1.42. The van der Waals surface area contributed by atoms with Gasteiger partial charge in [-0.2, -0.15) is 0 Å². The molecule has 106 valence electrons. The predicted molar refractivity (Wildman–Crippen MR) is 78.6 cm³/mol. The van der Waals surface area contributed by atoms with E-state index in [-0.39, 0.29) is 11.1 Å². The first-order chi connectivity index (χ1) is 10.0. The van der Waals surface area contributed by atoms with Crippen LogP contribution in [0.5, 0.6) is 0 Å². The molecule has 3 heterocycles. The highest BCUT2D eigenvalue weighted by molar-refractivity contribution is 8.18. The van der Waals surface area contributed by atoms with Crippen molar-refractivity contribution in [3.05, 3.63) is 35.0 Å². The van der Waals surface area contributed by atoms with E-state index in [1.54, 1.807) is 35.0 Å². The number of anilines is 1. The normalized spacial score (nSPS) is 16.5. The van der Waals surface area contributed by atoms with Gasteiger partial charge in [-0.3, -0.25) is 19.7 Å². The van der Waals surface area contributed by atoms with Crippen LogP contribution in [0.3, 0.4) is 0 Å². The van der Waals surface area contributed by atoms with Gasteiger partial charge in [-0.1, -0.05) is 0 Å². The summed E-state index contributed by atoms with van der Waals surface area (Å²) >= 11 is 0.867. The molecule has 0 radical (unpaired) electrons. The molecule has 2 aromatic rings. The molecule has 1 aliphatic rings. The van der Waals surface area contributed by atoms with Gasteiger partial charge in [0.2, 0.25) is 5.91 Å². The minimum Gasteiger partial charge on any atom is -0.310 e. The fourth-order valence-corrected chi connectivity index (χ4v) is 2.59. The van der Waals surface area contributed by atoms with Gasteiger partial charge in [0.1, 0.15) is 5.65 Å². The lowest BCUT2D eigenvalue weighted by molar-refractivity contribution is -0.115. The molecule has 0 bridgehead atoms. The molecule has 3 amide bonds. The Kier molecular flexibility index (Phi) is 3.22. The van der Waals surface area contributed by atoms with Crippen molar-refractivity contribution in [2.75, 3.05) is 5.32 Å². The Morgan fingerprint density at radius 3 is 2.86 bits per heavy atom. The summed E-state index contributed by atoms with van der Waals surface area (Å²) in [6, 6.07) is 3.54. The Bertz CT molecular complexity index is 809. The molecule has 8 heteroatoms. The lowest BCUT2D eigenvalue weighted by atomic mass is 10.2. The number of rotatable bonds is 2. The summed E-state index contributed by atoms with van der Waals surface area (Å²) in [7, 11) is 0. The molecule has 1 fully saturated rings. The maximum Gasteiger partial charge on any atom is 0.290 e. The third-order valence-corrected chi connectivity index (χ3v) is 3.53. The Labute approximate surface area is 123 Å². The highest BCUT2D eigenvalue weighted by Crippen LogP contribution is 2.25. The summed E-state index contributed by atoms with van der Waals surface area (Å²) in [5, 5.41) is 4.43. The monoisotopic (exact) mass is 302 g/mol. The first kappa shape index (κ1) is 13.4. The fourth-order valence-electron chi connectivity index (χ4n) is 1.91. The molecule has 2 N–H and O–H groups in total. The number of thioether (sulfide) groups is 1. The summed E-state index contributed by atoms with van der Waals surface area (Å²) in [6.07, 6.45) is 5.06. The zero-order valence-corrected chi connectivity index (χ0v) is 11.7. The molecule has 2 aromatic heterocycles. The molecule has 7 nitrogen and oxygen atoms in total. The van der Waals surface area contributed by atoms with Crippen LogP contribution in [0.1, 0.15) is 12.5 Å². The number of aromatic nitrogens is 2. The van der Waals surface area contributed by atoms with Gasteiger partial charge in [0.15, 0.2) is 5.82 Å². The zero-order valence-electron chi connectivity index (χ0n) is 10.9. The van der Waals surface area contributed by atoms with Crippen LogP contribution < -0.4 is 10.6 Å². The number of imidazole rings is 1. The van der Waals surface area contributed by atoms with Crippen LogP contribution in [0.2, 0.25) is 0 Å². The average Bonchev–Trinajstić information content (AvgIpc) is 2.91. The van der Waals surface area contributed by atoms with Crippen LogP contribution in [-0.4, -0.2) is 26.4 Å². The third kappa shape index (κ3) is 2.79. The lowest BCUT2D eigenvalue weighted by Gasteiger charge is -1.97. The Balaban J connectivity index is 1.94. The van der Waals surface area contributed by atoms with Crippen molar-refractivity contribution in [2.24, 2.45) is 0 Å². The van der Waals surface area contributed by atoms with Crippen molar-refractivity contribution < 1.29 is 14.4 Å². The van der Waals surface area contributed by atoms with Gasteiger partial charge in [-0.25, -0.2) is 4.98 Å². The highest BCUT2D eigenvalue weighted by atomic mass is 32.2. The second-order valence-corrected chi connectivity index (χ2v) is 5.40. The fraction of sp³-hybridized carbons (Fsp3) is 0.0769. The maximum absolute atomic E-state index is 11.5. The molecule has 0 saturated carbocycles. The second kappa shape index (κ2) is 5.06. The van der Waals surface area contributed by atoms with E-state index in [0.717, 1.165) is 17.3 Å². The van der Waals surface area contributed by atoms with Crippen LogP contribution in [0.4, 0.5) is 10.6 Å². The highest BCUT2D eigenvalue weighted by Gasteiger charge is 2.24. The van der Waals surface area contributed by atoms with Gasteiger partial charge in [-0.05, 0) is 35.5 Å². The number of amides is 3. The quantitative estimate of drug-likeness (QED) is 0.822. The number of carbonyl (C=O) groups excluding carboxylic acids is 3. The molecule has 21 heavy (non-hydrogen) atoms. The Hall–Kier alpha value is -2.61. The van der Waals surface area contributed by atoms with Crippen molar-refractivity contribution in [3.8, 4) is 0 Å². The molecule has 0 spiro atoms. The topological polar surface area (TPSA) is 92.6 Å². The van der Waals surface area contributed by atoms with E-state index in [1.165, 1.54) is 6.92 Å².